The van der Waals surface area contributed by atoms with E-state index in [1.807, 2.05) is 30.3 Å². The van der Waals surface area contributed by atoms with E-state index in [0.717, 1.165) is 29.0 Å². The minimum Gasteiger partial charge on any atom is -0.486 e. The number of hydrogen-bond acceptors (Lipinski definition) is 4. The Morgan fingerprint density at radius 1 is 1.00 bits per heavy atom. The van der Waals surface area contributed by atoms with E-state index in [4.69, 9.17) is 9.47 Å². The van der Waals surface area contributed by atoms with Gasteiger partial charge in [-0.25, -0.2) is 4.79 Å². The third-order valence-electron chi connectivity index (χ3n) is 3.51. The molecule has 0 saturated heterocycles. The molecular formula is C17H19N3O3. The van der Waals surface area contributed by atoms with Gasteiger partial charge in [-0.1, -0.05) is 6.07 Å². The molecule has 3 rings (SSSR count). The minimum atomic E-state index is -0.181. The van der Waals surface area contributed by atoms with Gasteiger partial charge in [-0.3, -0.25) is 4.98 Å². The number of carbonyl (C=O) groups is 1. The first kappa shape index (κ1) is 15.1. The molecule has 1 aromatic heterocycles. The summed E-state index contributed by atoms with van der Waals surface area (Å²) in [6.45, 7) is 2.21. The van der Waals surface area contributed by atoms with E-state index < -0.39 is 0 Å². The van der Waals surface area contributed by atoms with Crippen molar-refractivity contribution in [3.8, 4) is 11.5 Å². The normalized spacial score (nSPS) is 12.5. The van der Waals surface area contributed by atoms with E-state index in [9.17, 15) is 4.79 Å². The van der Waals surface area contributed by atoms with Gasteiger partial charge in [0, 0.05) is 25.5 Å². The molecule has 0 spiro atoms. The van der Waals surface area contributed by atoms with E-state index in [2.05, 4.69) is 15.6 Å². The highest BCUT2D eigenvalue weighted by Crippen LogP contribution is 2.30. The van der Waals surface area contributed by atoms with Crippen LogP contribution in [0.5, 0.6) is 11.5 Å². The summed E-state index contributed by atoms with van der Waals surface area (Å²) in [5.41, 5.74) is 2.12. The number of fused-ring (bicyclic) bond motifs is 1. The van der Waals surface area contributed by atoms with Crippen LogP contribution < -0.4 is 20.1 Å². The van der Waals surface area contributed by atoms with Crippen LogP contribution in [0.4, 0.5) is 4.79 Å². The van der Waals surface area contributed by atoms with Gasteiger partial charge in [0.2, 0.25) is 0 Å². The Bertz CT molecular complexity index is 661. The molecule has 0 saturated carbocycles. The predicted octanol–water partition coefficient (Wildman–Crippen LogP) is 1.89. The Hall–Kier alpha value is -2.76. The van der Waals surface area contributed by atoms with Crippen molar-refractivity contribution < 1.29 is 14.3 Å². The number of amides is 2. The van der Waals surface area contributed by atoms with Gasteiger partial charge >= 0.3 is 6.03 Å². The second kappa shape index (κ2) is 7.49. The van der Waals surface area contributed by atoms with E-state index in [1.54, 1.807) is 12.4 Å². The fourth-order valence-corrected chi connectivity index (χ4v) is 2.31. The molecular weight excluding hydrogens is 294 g/mol. The summed E-state index contributed by atoms with van der Waals surface area (Å²) in [5.74, 6) is 1.55. The first-order valence-corrected chi connectivity index (χ1v) is 7.60. The van der Waals surface area contributed by atoms with Crippen molar-refractivity contribution in [2.24, 2.45) is 0 Å². The average molecular weight is 313 g/mol. The summed E-state index contributed by atoms with van der Waals surface area (Å²) in [4.78, 5) is 15.7. The molecule has 0 fully saturated rings. The van der Waals surface area contributed by atoms with Gasteiger partial charge in [0.05, 0.1) is 0 Å². The van der Waals surface area contributed by atoms with Gasteiger partial charge in [-0.2, -0.15) is 0 Å². The van der Waals surface area contributed by atoms with Gasteiger partial charge in [-0.05, 0) is 41.8 Å². The number of aromatic nitrogens is 1. The van der Waals surface area contributed by atoms with Crippen LogP contribution in [0.1, 0.15) is 11.1 Å². The number of rotatable bonds is 5. The monoisotopic (exact) mass is 313 g/mol. The summed E-state index contributed by atoms with van der Waals surface area (Å²) >= 11 is 0. The lowest BCUT2D eigenvalue weighted by molar-refractivity contribution is 0.171. The maximum atomic E-state index is 11.8. The largest absolute Gasteiger partial charge is 0.486 e. The number of ether oxygens (including phenoxy) is 2. The molecule has 23 heavy (non-hydrogen) atoms. The summed E-state index contributed by atoms with van der Waals surface area (Å²) in [7, 11) is 0. The molecule has 0 radical (unpaired) electrons. The van der Waals surface area contributed by atoms with Crippen LogP contribution in [0.2, 0.25) is 0 Å². The lowest BCUT2D eigenvalue weighted by atomic mass is 10.1. The van der Waals surface area contributed by atoms with Crippen LogP contribution in [0.25, 0.3) is 0 Å². The molecule has 1 aliphatic heterocycles. The fourth-order valence-electron chi connectivity index (χ4n) is 2.31. The highest BCUT2D eigenvalue weighted by Gasteiger charge is 2.11. The second-order valence-electron chi connectivity index (χ2n) is 5.19. The minimum absolute atomic E-state index is 0.181. The number of nitrogens with one attached hydrogen (secondary N) is 2. The van der Waals surface area contributed by atoms with Gasteiger partial charge in [0.25, 0.3) is 0 Å². The summed E-state index contributed by atoms with van der Waals surface area (Å²) in [6, 6.07) is 9.42. The quantitative estimate of drug-likeness (QED) is 0.884. The Morgan fingerprint density at radius 2 is 1.78 bits per heavy atom. The molecule has 0 aliphatic carbocycles. The number of urea groups is 1. The Balaban J connectivity index is 1.41. The van der Waals surface area contributed by atoms with E-state index >= 15 is 0 Å². The highest BCUT2D eigenvalue weighted by atomic mass is 16.6. The van der Waals surface area contributed by atoms with Crippen molar-refractivity contribution in [2.45, 2.75) is 13.0 Å². The van der Waals surface area contributed by atoms with Crippen molar-refractivity contribution in [3.05, 3.63) is 53.9 Å². The van der Waals surface area contributed by atoms with Gasteiger partial charge in [-0.15, -0.1) is 0 Å². The smallest absolute Gasteiger partial charge is 0.315 e. The maximum Gasteiger partial charge on any atom is 0.315 e. The highest BCUT2D eigenvalue weighted by molar-refractivity contribution is 5.73. The molecule has 1 aromatic carbocycles. The molecule has 0 atom stereocenters. The summed E-state index contributed by atoms with van der Waals surface area (Å²) < 4.78 is 11.0. The standard InChI is InChI=1S/C17H19N3O3/c21-17(20-12-14-3-6-18-7-4-14)19-8-5-13-1-2-15-16(11-13)23-10-9-22-15/h1-4,6-7,11H,5,8-10,12H2,(H2,19,20,21). The lowest BCUT2D eigenvalue weighted by Gasteiger charge is -2.18. The Labute approximate surface area is 134 Å². The summed E-state index contributed by atoms with van der Waals surface area (Å²) in [6.07, 6.45) is 4.15. The molecule has 2 aromatic rings. The zero-order valence-corrected chi connectivity index (χ0v) is 12.7. The Kier molecular flexibility index (Phi) is 4.93. The molecule has 1 aliphatic rings. The zero-order valence-electron chi connectivity index (χ0n) is 12.7. The van der Waals surface area contributed by atoms with Crippen LogP contribution in [-0.2, 0) is 13.0 Å². The van der Waals surface area contributed by atoms with Crippen molar-refractivity contribution in [2.75, 3.05) is 19.8 Å². The maximum absolute atomic E-state index is 11.8. The Morgan fingerprint density at radius 3 is 2.61 bits per heavy atom. The van der Waals surface area contributed by atoms with Crippen molar-refractivity contribution in [1.29, 1.82) is 0 Å². The molecule has 2 heterocycles. The fraction of sp³-hybridized carbons (Fsp3) is 0.294. The van der Waals surface area contributed by atoms with E-state index in [1.165, 1.54) is 0 Å². The number of pyridine rings is 1. The van der Waals surface area contributed by atoms with E-state index in [0.29, 0.717) is 26.3 Å². The van der Waals surface area contributed by atoms with Crippen LogP contribution in [0.15, 0.2) is 42.7 Å². The van der Waals surface area contributed by atoms with Crippen LogP contribution >= 0.6 is 0 Å². The topological polar surface area (TPSA) is 72.5 Å². The van der Waals surface area contributed by atoms with Crippen molar-refractivity contribution >= 4 is 6.03 Å². The van der Waals surface area contributed by atoms with Crippen molar-refractivity contribution in [1.82, 2.24) is 15.6 Å². The van der Waals surface area contributed by atoms with Crippen LogP contribution in [0, 0.1) is 0 Å². The number of benzene rings is 1. The molecule has 2 N–H and O–H groups in total. The summed E-state index contributed by atoms with van der Waals surface area (Å²) in [5, 5.41) is 5.66. The third kappa shape index (κ3) is 4.35. The SMILES string of the molecule is O=C(NCCc1ccc2c(c1)OCCO2)NCc1ccncc1. The zero-order chi connectivity index (χ0) is 15.9. The number of nitrogens with zero attached hydrogens (tertiary/aromatic N) is 1. The van der Waals surface area contributed by atoms with Crippen molar-refractivity contribution in [3.63, 3.8) is 0 Å². The van der Waals surface area contributed by atoms with Crippen LogP contribution in [0.3, 0.4) is 0 Å². The molecule has 120 valence electrons. The van der Waals surface area contributed by atoms with E-state index in [-0.39, 0.29) is 6.03 Å². The third-order valence-corrected chi connectivity index (χ3v) is 3.51. The predicted molar refractivity (Wildman–Crippen MR) is 85.6 cm³/mol. The second-order valence-corrected chi connectivity index (χ2v) is 5.19. The number of carbonyl (C=O) groups excluding carboxylic acids is 1. The first-order chi connectivity index (χ1) is 11.3. The molecule has 2 amide bonds. The average Bonchev–Trinajstić information content (AvgIpc) is 2.61. The molecule has 6 heteroatoms. The van der Waals surface area contributed by atoms with Gasteiger partial charge in [0.1, 0.15) is 13.2 Å². The lowest BCUT2D eigenvalue weighted by Crippen LogP contribution is -2.36. The number of hydrogen-bond donors (Lipinski definition) is 2. The molecule has 6 nitrogen and oxygen atoms in total. The molecule has 0 bridgehead atoms. The van der Waals surface area contributed by atoms with Crippen LogP contribution in [-0.4, -0.2) is 30.8 Å². The first-order valence-electron chi connectivity index (χ1n) is 7.60. The molecule has 0 unspecified atom stereocenters. The van der Waals surface area contributed by atoms with Gasteiger partial charge < -0.3 is 20.1 Å². The van der Waals surface area contributed by atoms with Gasteiger partial charge in [0.15, 0.2) is 11.5 Å².